The van der Waals surface area contributed by atoms with Crippen LogP contribution >= 0.6 is 7.75 Å². The van der Waals surface area contributed by atoms with Gasteiger partial charge in [0.25, 0.3) is 5.85 Å². The lowest BCUT2D eigenvalue weighted by Crippen LogP contribution is -2.47. The van der Waals surface area contributed by atoms with Crippen molar-refractivity contribution in [2.45, 2.75) is 50.7 Å². The Hall–Kier alpha value is -3.23. The number of ether oxygens (including phenoxy) is 2. The number of halogens is 2. The van der Waals surface area contributed by atoms with Crippen LogP contribution in [0, 0.1) is 6.92 Å². The van der Waals surface area contributed by atoms with E-state index in [9.17, 15) is 14.5 Å². The Labute approximate surface area is 222 Å². The van der Waals surface area contributed by atoms with Crippen LogP contribution in [0.4, 0.5) is 14.6 Å². The lowest BCUT2D eigenvalue weighted by atomic mass is 9.97. The number of aliphatic hydroxyl groups excluding tert-OH is 1. The van der Waals surface area contributed by atoms with E-state index in [0.29, 0.717) is 11.6 Å². The third kappa shape index (κ3) is 5.58. The summed E-state index contributed by atoms with van der Waals surface area (Å²) in [6.07, 6.45) is -2.96. The molecule has 13 nitrogen and oxygen atoms in total. The van der Waals surface area contributed by atoms with Crippen molar-refractivity contribution in [3.8, 4) is 5.75 Å². The molecule has 3 N–H and O–H groups in total. The third-order valence-electron chi connectivity index (χ3n) is 6.06. The molecule has 6 atom stereocenters. The van der Waals surface area contributed by atoms with Gasteiger partial charge in [0.1, 0.15) is 24.2 Å². The molecule has 0 saturated carbocycles. The molecular formula is C23H29F2N6O7P. The number of nitrogens with zero attached hydrogens (tertiary/aromatic N) is 4. The number of carbonyl (C=O) groups excluding carboxylic acids is 1. The van der Waals surface area contributed by atoms with Crippen LogP contribution in [-0.2, 0) is 23.4 Å². The monoisotopic (exact) mass is 570 g/mol. The van der Waals surface area contributed by atoms with Gasteiger partial charge in [-0.05, 0) is 32.9 Å². The molecule has 39 heavy (non-hydrogen) atoms. The van der Waals surface area contributed by atoms with Crippen molar-refractivity contribution in [3.05, 3.63) is 42.5 Å². The summed E-state index contributed by atoms with van der Waals surface area (Å²) in [5.41, 5.74) is -2.32. The number of nitrogens with one attached hydrogen (secondary N) is 2. The molecule has 1 fully saturated rings. The molecule has 1 aliphatic rings. The maximum Gasteiger partial charge on any atom is 0.459 e. The molecule has 1 aliphatic heterocycles. The number of aryl methyl sites for hydroxylation is 1. The van der Waals surface area contributed by atoms with Crippen molar-refractivity contribution in [3.63, 3.8) is 0 Å². The number of fused-ring (bicyclic) bond motifs is 1. The topological polar surface area (TPSA) is 159 Å². The number of aromatic nitrogens is 4. The molecule has 3 heterocycles. The Bertz CT molecular complexity index is 1390. The van der Waals surface area contributed by atoms with E-state index in [1.165, 1.54) is 25.4 Å². The summed E-state index contributed by atoms with van der Waals surface area (Å²) in [4.78, 5) is 24.6. The summed E-state index contributed by atoms with van der Waals surface area (Å²) < 4.78 is 67.4. The van der Waals surface area contributed by atoms with Crippen LogP contribution in [0.25, 0.3) is 11.2 Å². The zero-order valence-electron chi connectivity index (χ0n) is 21.8. The van der Waals surface area contributed by atoms with Gasteiger partial charge in [0.15, 0.2) is 35.0 Å². The van der Waals surface area contributed by atoms with E-state index in [4.69, 9.17) is 13.8 Å². The molecule has 0 radical (unpaired) electrons. The van der Waals surface area contributed by atoms with Gasteiger partial charge in [0.05, 0.1) is 13.4 Å². The van der Waals surface area contributed by atoms with Crippen LogP contribution in [0.15, 0.2) is 36.7 Å². The van der Waals surface area contributed by atoms with Crippen LogP contribution in [0.5, 0.6) is 5.75 Å². The summed E-state index contributed by atoms with van der Waals surface area (Å²) in [5, 5.41) is 15.9. The highest BCUT2D eigenvalue weighted by molar-refractivity contribution is 7.52. The van der Waals surface area contributed by atoms with Crippen molar-refractivity contribution < 1.29 is 41.8 Å². The molecule has 16 heteroatoms. The molecule has 0 unspecified atom stereocenters. The first-order valence-corrected chi connectivity index (χ1v) is 13.4. The number of imidazole rings is 1. The number of benzene rings is 1. The van der Waals surface area contributed by atoms with Gasteiger partial charge in [-0.1, -0.05) is 18.2 Å². The van der Waals surface area contributed by atoms with Crippen molar-refractivity contribution in [1.82, 2.24) is 24.6 Å². The van der Waals surface area contributed by atoms with Gasteiger partial charge in [-0.25, -0.2) is 28.3 Å². The lowest BCUT2D eigenvalue weighted by Gasteiger charge is -2.28. The molecule has 0 spiro atoms. The van der Waals surface area contributed by atoms with Gasteiger partial charge >= 0.3 is 13.7 Å². The van der Waals surface area contributed by atoms with E-state index in [2.05, 4.69) is 30.1 Å². The Morgan fingerprint density at radius 2 is 2.00 bits per heavy atom. The highest BCUT2D eigenvalue weighted by atomic mass is 31.2. The van der Waals surface area contributed by atoms with Gasteiger partial charge in [0.2, 0.25) is 0 Å². The van der Waals surface area contributed by atoms with Crippen molar-refractivity contribution >= 4 is 30.7 Å². The number of carbonyl (C=O) groups is 1. The maximum absolute atomic E-state index is 16.1. The van der Waals surface area contributed by atoms with Crippen molar-refractivity contribution in [1.29, 1.82) is 0 Å². The fourth-order valence-electron chi connectivity index (χ4n) is 4.08. The van der Waals surface area contributed by atoms with Crippen LogP contribution < -0.4 is 14.9 Å². The number of anilines is 1. The van der Waals surface area contributed by atoms with Crippen LogP contribution in [0.2, 0.25) is 0 Å². The van der Waals surface area contributed by atoms with Crippen LogP contribution in [-0.4, -0.2) is 75.0 Å². The molecule has 4 rings (SSSR count). The Morgan fingerprint density at radius 1 is 1.31 bits per heavy atom. The molecule has 0 amide bonds. The summed E-state index contributed by atoms with van der Waals surface area (Å²) in [5.74, 6) is -3.25. The second-order valence-corrected chi connectivity index (χ2v) is 10.7. The Morgan fingerprint density at radius 3 is 2.64 bits per heavy atom. The number of aliphatic hydroxyl groups is 1. The van der Waals surface area contributed by atoms with E-state index in [1.54, 1.807) is 32.2 Å². The van der Waals surface area contributed by atoms with E-state index >= 15 is 8.78 Å². The first-order valence-electron chi connectivity index (χ1n) is 11.8. The second kappa shape index (κ2) is 10.7. The molecule has 1 saturated heterocycles. The summed E-state index contributed by atoms with van der Waals surface area (Å²) in [6, 6.07) is 6.56. The minimum absolute atomic E-state index is 0.0691. The largest absolute Gasteiger partial charge is 0.468 e. The smallest absolute Gasteiger partial charge is 0.459 e. The van der Waals surface area contributed by atoms with E-state index in [1.807, 2.05) is 0 Å². The predicted octanol–water partition coefficient (Wildman–Crippen LogP) is 2.81. The molecule has 1 aromatic carbocycles. The lowest BCUT2D eigenvalue weighted by molar-refractivity contribution is -0.202. The normalized spacial score (nSPS) is 27.2. The minimum Gasteiger partial charge on any atom is -0.468 e. The van der Waals surface area contributed by atoms with Gasteiger partial charge in [-0.3, -0.25) is 13.9 Å². The number of hydrogen-bond acceptors (Lipinski definition) is 11. The summed E-state index contributed by atoms with van der Waals surface area (Å²) in [6.45, 7) is 2.64. The fourth-order valence-corrected chi connectivity index (χ4v) is 5.59. The molecule has 2 aromatic heterocycles. The van der Waals surface area contributed by atoms with E-state index in [-0.39, 0.29) is 16.9 Å². The predicted molar refractivity (Wildman–Crippen MR) is 134 cm³/mol. The van der Waals surface area contributed by atoms with Crippen LogP contribution in [0.3, 0.4) is 0 Å². The zero-order chi connectivity index (χ0) is 28.6. The SMILES string of the molecule is CNc1nc(C)nc2c1ncn2[C@@H]1O[C@](F)(CO[P@@](=O)(N[C@H](C)C(=O)OC)Oc2ccccc2)[C@@H](O)[C@@]1(C)F. The van der Waals surface area contributed by atoms with E-state index in [0.717, 1.165) is 18.6 Å². The number of para-hydroxylation sites is 1. The second-order valence-electron chi connectivity index (χ2n) is 9.05. The average Bonchev–Trinajstić information content (AvgIpc) is 3.39. The molecule has 0 bridgehead atoms. The first kappa shape index (κ1) is 28.8. The summed E-state index contributed by atoms with van der Waals surface area (Å²) in [7, 11) is -1.78. The van der Waals surface area contributed by atoms with Crippen LogP contribution in [0.1, 0.15) is 25.9 Å². The van der Waals surface area contributed by atoms with Gasteiger partial charge in [-0.15, -0.1) is 0 Å². The van der Waals surface area contributed by atoms with E-state index < -0.39 is 50.2 Å². The number of hydrogen-bond donors (Lipinski definition) is 3. The summed E-state index contributed by atoms with van der Waals surface area (Å²) >= 11 is 0. The Kier molecular flexibility index (Phi) is 7.92. The fraction of sp³-hybridized carbons (Fsp3) is 0.478. The molecule has 3 aromatic rings. The zero-order valence-corrected chi connectivity index (χ0v) is 22.7. The highest BCUT2D eigenvalue weighted by Crippen LogP contribution is 2.52. The quantitative estimate of drug-likeness (QED) is 0.242. The van der Waals surface area contributed by atoms with Gasteiger partial charge in [0, 0.05) is 7.05 Å². The number of esters is 1. The molecule has 0 aliphatic carbocycles. The first-order chi connectivity index (χ1) is 18.3. The number of alkyl halides is 2. The number of methoxy groups -OCH3 is 1. The third-order valence-corrected chi connectivity index (χ3v) is 7.69. The maximum atomic E-state index is 16.1. The minimum atomic E-state index is -4.52. The molecular weight excluding hydrogens is 541 g/mol. The van der Waals surface area contributed by atoms with Crippen molar-refractivity contribution in [2.24, 2.45) is 0 Å². The van der Waals surface area contributed by atoms with Gasteiger partial charge in [-0.2, -0.15) is 5.09 Å². The Balaban J connectivity index is 1.62. The van der Waals surface area contributed by atoms with Crippen molar-refractivity contribution in [2.75, 3.05) is 26.1 Å². The highest BCUT2D eigenvalue weighted by Gasteiger charge is 2.65. The average molecular weight is 570 g/mol. The number of rotatable bonds is 10. The van der Waals surface area contributed by atoms with Gasteiger partial charge < -0.3 is 24.4 Å². The molecule has 212 valence electrons. The standard InChI is InChI=1S/C23H29F2N6O7P/c1-13(19(32)35-5)30-39(34,38-15-9-7-6-8-10-15)36-11-23(25)20(33)22(3,24)21(37-23)31-12-27-16-17(26-4)28-14(2)29-18(16)31/h6-10,12-13,20-21,33H,11H2,1-5H3,(H,30,34)(H,26,28,29)/t13-,20+,21-,22-,23-,39+/m1/s1.